The number of nitrogens with zero attached hydrogens (tertiary/aromatic N) is 1. The molecule has 0 radical (unpaired) electrons. The zero-order valence-electron chi connectivity index (χ0n) is 9.66. The van der Waals surface area contributed by atoms with Crippen molar-refractivity contribution in [1.82, 2.24) is 4.90 Å². The molecule has 0 amide bonds. The molecule has 0 saturated heterocycles. The van der Waals surface area contributed by atoms with Gasteiger partial charge in [0.25, 0.3) is 0 Å². The van der Waals surface area contributed by atoms with Crippen LogP contribution in [0.15, 0.2) is 0 Å². The number of methoxy groups -OCH3 is 1. The average molecular weight is 204 g/mol. The second kappa shape index (κ2) is 9.40. The van der Waals surface area contributed by atoms with Gasteiger partial charge in [-0.15, -0.1) is 0 Å². The van der Waals surface area contributed by atoms with Crippen LogP contribution in [0, 0.1) is 0 Å². The molecule has 1 atom stereocenters. The predicted octanol–water partition coefficient (Wildman–Crippen LogP) is 0.319. The zero-order valence-corrected chi connectivity index (χ0v) is 9.66. The van der Waals surface area contributed by atoms with Gasteiger partial charge in [0.1, 0.15) is 0 Å². The number of rotatable bonds is 9. The van der Waals surface area contributed by atoms with E-state index in [1.807, 2.05) is 0 Å². The topological polar surface area (TPSA) is 47.7 Å². The second-order valence-corrected chi connectivity index (χ2v) is 3.21. The Kier molecular flexibility index (Phi) is 9.29. The maximum atomic E-state index is 5.57. The molecule has 0 heterocycles. The van der Waals surface area contributed by atoms with E-state index in [0.29, 0.717) is 13.2 Å². The highest BCUT2D eigenvalue weighted by Gasteiger charge is 2.06. The summed E-state index contributed by atoms with van der Waals surface area (Å²) in [5.41, 5.74) is 5.52. The van der Waals surface area contributed by atoms with Crippen molar-refractivity contribution >= 4 is 0 Å². The Balaban J connectivity index is 3.48. The number of hydrogen-bond donors (Lipinski definition) is 1. The van der Waals surface area contributed by atoms with Crippen molar-refractivity contribution in [1.29, 1.82) is 0 Å². The van der Waals surface area contributed by atoms with Crippen LogP contribution < -0.4 is 5.73 Å². The van der Waals surface area contributed by atoms with Crippen LogP contribution in [-0.2, 0) is 9.47 Å². The molecule has 0 aliphatic rings. The number of nitrogens with two attached hydrogens (primary N) is 1. The van der Waals surface area contributed by atoms with Crippen molar-refractivity contribution in [3.05, 3.63) is 0 Å². The van der Waals surface area contributed by atoms with Gasteiger partial charge in [0.15, 0.2) is 0 Å². The second-order valence-electron chi connectivity index (χ2n) is 3.21. The maximum Gasteiger partial charge on any atom is 0.0930 e. The summed E-state index contributed by atoms with van der Waals surface area (Å²) in [5, 5.41) is 0. The van der Waals surface area contributed by atoms with Gasteiger partial charge < -0.3 is 20.1 Å². The number of ether oxygens (including phenoxy) is 2. The Morgan fingerprint density at radius 2 is 1.93 bits per heavy atom. The van der Waals surface area contributed by atoms with Crippen LogP contribution in [0.4, 0.5) is 0 Å². The first-order valence-electron chi connectivity index (χ1n) is 5.31. The molecule has 4 nitrogen and oxygen atoms in total. The molecule has 2 N–H and O–H groups in total. The minimum Gasteiger partial charge on any atom is -0.382 e. The van der Waals surface area contributed by atoms with Crippen LogP contribution >= 0.6 is 0 Å². The van der Waals surface area contributed by atoms with Gasteiger partial charge in [-0.1, -0.05) is 13.8 Å². The Hall–Kier alpha value is -0.160. The maximum absolute atomic E-state index is 5.57. The first kappa shape index (κ1) is 13.8. The normalized spacial score (nSPS) is 13.5. The highest BCUT2D eigenvalue weighted by molar-refractivity contribution is 4.58. The quantitative estimate of drug-likeness (QED) is 0.587. The van der Waals surface area contributed by atoms with Gasteiger partial charge in [-0.2, -0.15) is 0 Å². The fraction of sp³-hybridized carbons (Fsp3) is 1.00. The predicted molar refractivity (Wildman–Crippen MR) is 58.5 cm³/mol. The van der Waals surface area contributed by atoms with E-state index in [4.69, 9.17) is 15.2 Å². The van der Waals surface area contributed by atoms with Crippen LogP contribution in [0.25, 0.3) is 0 Å². The summed E-state index contributed by atoms with van der Waals surface area (Å²) < 4.78 is 10.6. The molecule has 0 aliphatic carbocycles. The van der Waals surface area contributed by atoms with E-state index >= 15 is 0 Å². The van der Waals surface area contributed by atoms with Crippen molar-refractivity contribution in [2.45, 2.75) is 20.0 Å². The van der Waals surface area contributed by atoms with Crippen LogP contribution in [-0.4, -0.2) is 57.5 Å². The Morgan fingerprint density at radius 1 is 1.29 bits per heavy atom. The molecular formula is C10H24N2O2. The fourth-order valence-corrected chi connectivity index (χ4v) is 1.26. The monoisotopic (exact) mass is 204 g/mol. The molecule has 1 unspecified atom stereocenters. The van der Waals surface area contributed by atoms with E-state index in [-0.39, 0.29) is 6.10 Å². The van der Waals surface area contributed by atoms with Crippen LogP contribution in [0.2, 0.25) is 0 Å². The van der Waals surface area contributed by atoms with Crippen molar-refractivity contribution in [3.8, 4) is 0 Å². The van der Waals surface area contributed by atoms with Crippen LogP contribution in [0.1, 0.15) is 13.8 Å². The standard InChI is InChI=1S/C10H24N2O2/c1-4-12(5-2)6-7-14-10(8-11)9-13-3/h10H,4-9,11H2,1-3H3. The van der Waals surface area contributed by atoms with Crippen molar-refractivity contribution in [2.24, 2.45) is 5.73 Å². The third kappa shape index (κ3) is 6.32. The summed E-state index contributed by atoms with van der Waals surface area (Å²) >= 11 is 0. The van der Waals surface area contributed by atoms with E-state index in [1.165, 1.54) is 0 Å². The molecule has 0 aromatic rings. The molecular weight excluding hydrogens is 180 g/mol. The lowest BCUT2D eigenvalue weighted by Gasteiger charge is -2.20. The first-order chi connectivity index (χ1) is 6.78. The molecule has 4 heteroatoms. The highest BCUT2D eigenvalue weighted by atomic mass is 16.5. The molecule has 0 rings (SSSR count). The van der Waals surface area contributed by atoms with Gasteiger partial charge >= 0.3 is 0 Å². The minimum absolute atomic E-state index is 0.0376. The average Bonchev–Trinajstić information content (AvgIpc) is 2.23. The van der Waals surface area contributed by atoms with E-state index in [1.54, 1.807) is 7.11 Å². The van der Waals surface area contributed by atoms with Crippen molar-refractivity contribution in [3.63, 3.8) is 0 Å². The van der Waals surface area contributed by atoms with Crippen LogP contribution in [0.5, 0.6) is 0 Å². The fourth-order valence-electron chi connectivity index (χ4n) is 1.26. The largest absolute Gasteiger partial charge is 0.382 e. The van der Waals surface area contributed by atoms with Crippen molar-refractivity contribution < 1.29 is 9.47 Å². The zero-order chi connectivity index (χ0) is 10.8. The number of likely N-dealkylation sites (N-methyl/N-ethyl adjacent to an activating group) is 1. The SMILES string of the molecule is CCN(CC)CCOC(CN)COC. The molecule has 0 spiro atoms. The van der Waals surface area contributed by atoms with Gasteiger partial charge in [0.2, 0.25) is 0 Å². The Morgan fingerprint density at radius 3 is 2.36 bits per heavy atom. The van der Waals surface area contributed by atoms with Gasteiger partial charge in [0, 0.05) is 20.2 Å². The van der Waals surface area contributed by atoms with E-state index < -0.39 is 0 Å². The Bertz CT molecular complexity index is 119. The summed E-state index contributed by atoms with van der Waals surface area (Å²) in [6.07, 6.45) is 0.0376. The van der Waals surface area contributed by atoms with E-state index in [0.717, 1.165) is 26.2 Å². The summed E-state index contributed by atoms with van der Waals surface area (Å²) in [4.78, 5) is 2.32. The molecule has 0 saturated carbocycles. The Labute approximate surface area is 87.4 Å². The van der Waals surface area contributed by atoms with E-state index in [9.17, 15) is 0 Å². The molecule has 0 aromatic carbocycles. The molecule has 0 aliphatic heterocycles. The molecule has 14 heavy (non-hydrogen) atoms. The van der Waals surface area contributed by atoms with Crippen molar-refractivity contribution in [2.75, 3.05) is 46.5 Å². The highest BCUT2D eigenvalue weighted by Crippen LogP contribution is 1.93. The first-order valence-corrected chi connectivity index (χ1v) is 5.31. The smallest absolute Gasteiger partial charge is 0.0930 e. The van der Waals surface area contributed by atoms with Gasteiger partial charge in [-0.05, 0) is 13.1 Å². The lowest BCUT2D eigenvalue weighted by molar-refractivity contribution is -0.00392. The summed E-state index contributed by atoms with van der Waals surface area (Å²) in [6, 6.07) is 0. The summed E-state index contributed by atoms with van der Waals surface area (Å²) in [7, 11) is 1.66. The summed E-state index contributed by atoms with van der Waals surface area (Å²) in [5.74, 6) is 0. The number of hydrogen-bond acceptors (Lipinski definition) is 4. The third-order valence-electron chi connectivity index (χ3n) is 2.27. The van der Waals surface area contributed by atoms with Crippen LogP contribution in [0.3, 0.4) is 0 Å². The molecule has 0 aromatic heterocycles. The van der Waals surface area contributed by atoms with Gasteiger partial charge in [-0.25, -0.2) is 0 Å². The van der Waals surface area contributed by atoms with E-state index in [2.05, 4.69) is 18.7 Å². The molecule has 0 bridgehead atoms. The summed E-state index contributed by atoms with van der Waals surface area (Å²) in [6.45, 7) is 9.23. The van der Waals surface area contributed by atoms with Gasteiger partial charge in [-0.3, -0.25) is 0 Å². The molecule has 0 fully saturated rings. The third-order valence-corrected chi connectivity index (χ3v) is 2.27. The lowest BCUT2D eigenvalue weighted by Crippen LogP contribution is -2.33. The molecule has 86 valence electrons. The lowest BCUT2D eigenvalue weighted by atomic mass is 10.4. The van der Waals surface area contributed by atoms with Gasteiger partial charge in [0.05, 0.1) is 19.3 Å². The minimum atomic E-state index is 0.0376.